The van der Waals surface area contributed by atoms with E-state index in [1.165, 1.54) is 21.9 Å². The van der Waals surface area contributed by atoms with E-state index in [0.29, 0.717) is 0 Å². The number of aromatic nitrogens is 11. The Kier molecular flexibility index (Phi) is 10.2. The summed E-state index contributed by atoms with van der Waals surface area (Å²) in [6.07, 6.45) is 20.5. The number of hydrogen-bond acceptors (Lipinski definition) is 10. The molecule has 358 valence electrons. The molecule has 0 amide bonds. The van der Waals surface area contributed by atoms with Crippen molar-refractivity contribution in [2.45, 2.75) is 19.3 Å². The van der Waals surface area contributed by atoms with Crippen LogP contribution < -0.4 is 0 Å². The van der Waals surface area contributed by atoms with Gasteiger partial charge in [-0.05, 0) is 139 Å². The smallest absolute Gasteiger partial charge is 0.138 e. The van der Waals surface area contributed by atoms with E-state index < -0.39 is 0 Å². The van der Waals surface area contributed by atoms with Gasteiger partial charge in [0.15, 0.2) is 0 Å². The van der Waals surface area contributed by atoms with Gasteiger partial charge in [-0.2, -0.15) is 0 Å². The van der Waals surface area contributed by atoms with Crippen LogP contribution in [0.25, 0.3) is 129 Å². The van der Waals surface area contributed by atoms with Gasteiger partial charge in [0.25, 0.3) is 0 Å². The fourth-order valence-corrected chi connectivity index (χ4v) is 11.1. The number of benzene rings is 2. The Morgan fingerprint density at radius 1 is 0.395 bits per heavy atom. The van der Waals surface area contributed by atoms with Crippen molar-refractivity contribution in [2.75, 3.05) is 6.54 Å². The van der Waals surface area contributed by atoms with Gasteiger partial charge in [0.05, 0.1) is 85.2 Å². The Labute approximate surface area is 435 Å². The first-order valence-corrected chi connectivity index (χ1v) is 25.4. The fraction of sp³-hybridized carbons (Fsp3) is 0.0625. The SMILES string of the molecule is C1=Cc2c(c3ccncc3n2-c2cccc(-c3cc(-c4cnc5c(ccc6cc(-c7cc(-c8cccc(-n9c%10c(c%11ccccc%119)CCN=C%10)n8)cc(-c8ccccn8)n7)cnc65)c4)cc(-c4ccccn4)n3)n2)CC1. The van der Waals surface area contributed by atoms with Crippen LogP contribution in [0.15, 0.2) is 200 Å². The number of fused-ring (bicyclic) bond motifs is 9. The predicted octanol–water partition coefficient (Wildman–Crippen LogP) is 13.4. The van der Waals surface area contributed by atoms with Crippen LogP contribution in [0.1, 0.15) is 28.9 Å². The zero-order valence-corrected chi connectivity index (χ0v) is 40.8. The van der Waals surface area contributed by atoms with Gasteiger partial charge in [-0.3, -0.25) is 39.0 Å². The molecule has 1 aliphatic heterocycles. The third-order valence-electron chi connectivity index (χ3n) is 14.6. The van der Waals surface area contributed by atoms with Crippen LogP contribution >= 0.6 is 0 Å². The van der Waals surface area contributed by atoms with Crippen LogP contribution in [0.5, 0.6) is 0 Å². The minimum absolute atomic E-state index is 0.724. The Bertz CT molecular complexity index is 4250. The molecule has 0 bridgehead atoms. The van der Waals surface area contributed by atoms with Gasteiger partial charge in [0.1, 0.15) is 11.6 Å². The standard InChI is InChI=1S/C64H42N12/c1-3-17-57-45(11-1)47-23-27-65-37-59(47)75(57)61-19-9-15-49(73-61)42-33-53(71-55(34-42)51-14-6-8-26-68-51)44-30-40-22-21-39-29-43(35-69-63(39)64(40)70-36-44)41-31-54(50-13-5-7-25-67-50)72-56(32-41)52-16-10-20-62(74-52)76-58-18-4-2-12-46(58)48-24-28-66-38-60(48)76/h1,3-11,13-22,24-26,28-38H,2,12,23,27H2. The minimum Gasteiger partial charge on any atom is -0.293 e. The molecular formula is C64H42N12. The molecule has 0 saturated carbocycles. The lowest BCUT2D eigenvalue weighted by molar-refractivity contribution is 0.930. The molecule has 12 heterocycles. The highest BCUT2D eigenvalue weighted by Crippen LogP contribution is 2.38. The van der Waals surface area contributed by atoms with E-state index in [1.54, 1.807) is 12.4 Å². The molecule has 0 radical (unpaired) electrons. The van der Waals surface area contributed by atoms with Crippen LogP contribution in [-0.4, -0.2) is 66.7 Å². The molecule has 0 fully saturated rings. The number of rotatable bonds is 8. The second-order valence-electron chi connectivity index (χ2n) is 19.1. The number of aryl methyl sites for hydroxylation is 1. The molecule has 0 saturated heterocycles. The average Bonchev–Trinajstić information content (AvgIpc) is 4.04. The lowest BCUT2D eigenvalue weighted by Gasteiger charge is -2.14. The number of aliphatic imine (C=N–C) groups is 1. The van der Waals surface area contributed by atoms with Crippen molar-refractivity contribution in [3.63, 3.8) is 0 Å². The number of pyridine rings is 9. The van der Waals surface area contributed by atoms with Gasteiger partial charge in [-0.15, -0.1) is 0 Å². The maximum absolute atomic E-state index is 5.32. The van der Waals surface area contributed by atoms with E-state index in [0.717, 1.165) is 149 Å². The summed E-state index contributed by atoms with van der Waals surface area (Å²) in [7, 11) is 0. The number of para-hydroxylation sites is 1. The number of allylic oxidation sites excluding steroid dienone is 1. The van der Waals surface area contributed by atoms with Crippen LogP contribution in [0.2, 0.25) is 0 Å². The summed E-state index contributed by atoms with van der Waals surface area (Å²) in [6, 6.07) is 51.6. The normalized spacial score (nSPS) is 12.9. The molecule has 2 aliphatic rings. The van der Waals surface area contributed by atoms with Crippen molar-refractivity contribution < 1.29 is 0 Å². The summed E-state index contributed by atoms with van der Waals surface area (Å²) in [5, 5.41) is 4.34. The molecule has 2 aromatic carbocycles. The van der Waals surface area contributed by atoms with Gasteiger partial charge in [-0.1, -0.05) is 60.7 Å². The fourth-order valence-electron chi connectivity index (χ4n) is 11.1. The highest BCUT2D eigenvalue weighted by atomic mass is 15.1. The molecule has 11 aromatic heterocycles. The van der Waals surface area contributed by atoms with Gasteiger partial charge in [0, 0.05) is 82.0 Å². The maximum Gasteiger partial charge on any atom is 0.138 e. The lowest BCUT2D eigenvalue weighted by Crippen LogP contribution is -2.08. The van der Waals surface area contributed by atoms with Gasteiger partial charge in [-0.25, -0.2) is 19.9 Å². The Morgan fingerprint density at radius 2 is 1.01 bits per heavy atom. The summed E-state index contributed by atoms with van der Waals surface area (Å²) >= 11 is 0. The van der Waals surface area contributed by atoms with Crippen LogP contribution in [0.4, 0.5) is 0 Å². The molecule has 0 spiro atoms. The third-order valence-corrected chi connectivity index (χ3v) is 14.6. The summed E-state index contributed by atoms with van der Waals surface area (Å²) in [5.41, 5.74) is 18.3. The number of nitrogens with zero attached hydrogens (tertiary/aromatic N) is 12. The average molecular weight is 979 g/mol. The topological polar surface area (TPSA) is 138 Å². The lowest BCUT2D eigenvalue weighted by atomic mass is 10.0. The highest BCUT2D eigenvalue weighted by Gasteiger charge is 2.23. The monoisotopic (exact) mass is 978 g/mol. The molecule has 0 N–H and O–H groups in total. The molecule has 15 rings (SSSR count). The highest BCUT2D eigenvalue weighted by molar-refractivity contribution is 6.05. The largest absolute Gasteiger partial charge is 0.293 e. The quantitative estimate of drug-likeness (QED) is 0.136. The van der Waals surface area contributed by atoms with E-state index in [2.05, 4.69) is 134 Å². The van der Waals surface area contributed by atoms with E-state index in [1.807, 2.05) is 79.5 Å². The zero-order chi connectivity index (χ0) is 50.1. The van der Waals surface area contributed by atoms with Crippen molar-refractivity contribution in [1.29, 1.82) is 0 Å². The predicted molar refractivity (Wildman–Crippen MR) is 301 cm³/mol. The first kappa shape index (κ1) is 43.4. The second-order valence-corrected chi connectivity index (χ2v) is 19.1. The first-order chi connectivity index (χ1) is 37.6. The summed E-state index contributed by atoms with van der Waals surface area (Å²) < 4.78 is 4.44. The van der Waals surface area contributed by atoms with Gasteiger partial charge < -0.3 is 0 Å². The third kappa shape index (κ3) is 7.37. The summed E-state index contributed by atoms with van der Waals surface area (Å²) in [4.78, 5) is 49.8. The van der Waals surface area contributed by atoms with Crippen LogP contribution in [-0.2, 0) is 12.8 Å². The minimum atomic E-state index is 0.724. The van der Waals surface area contributed by atoms with Gasteiger partial charge >= 0.3 is 0 Å². The Balaban J connectivity index is 0.805. The van der Waals surface area contributed by atoms with Crippen LogP contribution in [0, 0.1) is 0 Å². The second kappa shape index (κ2) is 17.8. The zero-order valence-electron chi connectivity index (χ0n) is 40.8. The van der Waals surface area contributed by atoms with Gasteiger partial charge in [0.2, 0.25) is 0 Å². The van der Waals surface area contributed by atoms with Crippen molar-refractivity contribution in [3.8, 4) is 79.4 Å². The number of hydrogen-bond donors (Lipinski definition) is 0. The maximum atomic E-state index is 5.32. The van der Waals surface area contributed by atoms with Crippen LogP contribution in [0.3, 0.4) is 0 Å². The van der Waals surface area contributed by atoms with Crippen molar-refractivity contribution in [3.05, 3.63) is 217 Å². The molecule has 12 nitrogen and oxygen atoms in total. The van der Waals surface area contributed by atoms with Crippen molar-refractivity contribution >= 4 is 55.9 Å². The molecule has 1 aliphatic carbocycles. The van der Waals surface area contributed by atoms with E-state index in [-0.39, 0.29) is 0 Å². The van der Waals surface area contributed by atoms with E-state index in [9.17, 15) is 0 Å². The van der Waals surface area contributed by atoms with E-state index >= 15 is 0 Å². The molecule has 0 unspecified atom stereocenters. The van der Waals surface area contributed by atoms with Crippen molar-refractivity contribution in [2.24, 2.45) is 4.99 Å². The molecule has 76 heavy (non-hydrogen) atoms. The molecule has 13 aromatic rings. The first-order valence-electron chi connectivity index (χ1n) is 25.4. The van der Waals surface area contributed by atoms with E-state index in [4.69, 9.17) is 39.9 Å². The molecule has 0 atom stereocenters. The Morgan fingerprint density at radius 3 is 1.79 bits per heavy atom. The molecule has 12 heteroatoms. The molecular weight excluding hydrogens is 937 g/mol. The summed E-state index contributed by atoms with van der Waals surface area (Å²) in [6.45, 7) is 0.783. The summed E-state index contributed by atoms with van der Waals surface area (Å²) in [5.74, 6) is 1.63. The Hall–Kier alpha value is -10.2. The van der Waals surface area contributed by atoms with Crippen molar-refractivity contribution in [1.82, 2.24) is 54.0 Å².